The maximum atomic E-state index is 11.7. The SMILES string of the molecule is CN1C(=O)CCC1CCOC(C)(c1ccccc1)c1ccc(Cl)cc1. The van der Waals surface area contributed by atoms with E-state index in [4.69, 9.17) is 16.3 Å². The van der Waals surface area contributed by atoms with E-state index < -0.39 is 5.60 Å². The summed E-state index contributed by atoms with van der Waals surface area (Å²) in [4.78, 5) is 13.5. The number of amides is 1. The van der Waals surface area contributed by atoms with Gasteiger partial charge in [-0.25, -0.2) is 0 Å². The summed E-state index contributed by atoms with van der Waals surface area (Å²) < 4.78 is 6.41. The number of carbonyl (C=O) groups excluding carboxylic acids is 1. The second kappa shape index (κ2) is 7.59. The number of hydrogen-bond acceptors (Lipinski definition) is 2. The van der Waals surface area contributed by atoms with Gasteiger partial charge in [0.05, 0.1) is 6.61 Å². The summed E-state index contributed by atoms with van der Waals surface area (Å²) in [6.07, 6.45) is 2.41. The van der Waals surface area contributed by atoms with Crippen LogP contribution in [0.15, 0.2) is 54.6 Å². The molecule has 1 heterocycles. The molecule has 0 bridgehead atoms. The zero-order chi connectivity index (χ0) is 17.9. The van der Waals surface area contributed by atoms with Gasteiger partial charge in [-0.3, -0.25) is 4.79 Å². The first-order valence-electron chi connectivity index (χ1n) is 8.72. The molecule has 2 aromatic carbocycles. The fourth-order valence-electron chi connectivity index (χ4n) is 3.46. The molecule has 1 aliphatic rings. The molecule has 3 rings (SSSR count). The summed E-state index contributed by atoms with van der Waals surface area (Å²) >= 11 is 6.05. The standard InChI is InChI=1S/C21H24ClNO2/c1-21(16-6-4-3-5-7-16,17-8-10-18(22)11-9-17)25-15-14-19-12-13-20(24)23(19)2/h3-11,19H,12-15H2,1-2H3. The van der Waals surface area contributed by atoms with Crippen molar-refractivity contribution in [3.63, 3.8) is 0 Å². The van der Waals surface area contributed by atoms with Crippen molar-refractivity contribution >= 4 is 17.5 Å². The van der Waals surface area contributed by atoms with Gasteiger partial charge in [-0.15, -0.1) is 0 Å². The molecule has 2 atom stereocenters. The average molecular weight is 358 g/mol. The topological polar surface area (TPSA) is 29.5 Å². The van der Waals surface area contributed by atoms with E-state index in [1.807, 2.05) is 54.4 Å². The summed E-state index contributed by atoms with van der Waals surface area (Å²) in [5, 5.41) is 0.713. The molecule has 1 saturated heterocycles. The normalized spacial score (nSPS) is 19.9. The van der Waals surface area contributed by atoms with E-state index in [0.717, 1.165) is 24.0 Å². The number of rotatable bonds is 6. The van der Waals surface area contributed by atoms with E-state index in [-0.39, 0.29) is 11.9 Å². The number of likely N-dealkylation sites (tertiary alicyclic amines) is 1. The molecule has 0 N–H and O–H groups in total. The van der Waals surface area contributed by atoms with Crippen molar-refractivity contribution in [1.29, 1.82) is 0 Å². The van der Waals surface area contributed by atoms with E-state index in [0.29, 0.717) is 18.1 Å². The van der Waals surface area contributed by atoms with Gasteiger partial charge in [0, 0.05) is 24.5 Å². The summed E-state index contributed by atoms with van der Waals surface area (Å²) in [5.41, 5.74) is 1.62. The van der Waals surface area contributed by atoms with Gasteiger partial charge >= 0.3 is 0 Å². The highest BCUT2D eigenvalue weighted by atomic mass is 35.5. The minimum absolute atomic E-state index is 0.230. The third-order valence-electron chi connectivity index (χ3n) is 5.19. The van der Waals surface area contributed by atoms with E-state index in [2.05, 4.69) is 19.1 Å². The third-order valence-corrected chi connectivity index (χ3v) is 5.45. The largest absolute Gasteiger partial charge is 0.366 e. The molecule has 1 fully saturated rings. The van der Waals surface area contributed by atoms with Crippen molar-refractivity contribution in [3.8, 4) is 0 Å². The van der Waals surface area contributed by atoms with E-state index in [1.54, 1.807) is 0 Å². The lowest BCUT2D eigenvalue weighted by molar-refractivity contribution is -0.127. The number of carbonyl (C=O) groups is 1. The highest BCUT2D eigenvalue weighted by Crippen LogP contribution is 2.34. The van der Waals surface area contributed by atoms with Gasteiger partial charge in [0.25, 0.3) is 0 Å². The quantitative estimate of drug-likeness (QED) is 0.754. The minimum atomic E-state index is -0.549. The summed E-state index contributed by atoms with van der Waals surface area (Å²) in [7, 11) is 1.88. The van der Waals surface area contributed by atoms with Gasteiger partial charge in [0.1, 0.15) is 5.60 Å². The van der Waals surface area contributed by atoms with Crippen molar-refractivity contribution in [3.05, 3.63) is 70.7 Å². The Morgan fingerprint density at radius 3 is 2.36 bits per heavy atom. The number of benzene rings is 2. The van der Waals surface area contributed by atoms with Gasteiger partial charge in [-0.1, -0.05) is 54.1 Å². The molecule has 4 heteroatoms. The Bertz CT molecular complexity index is 716. The maximum absolute atomic E-state index is 11.7. The predicted molar refractivity (Wildman–Crippen MR) is 101 cm³/mol. The molecule has 1 aliphatic heterocycles. The number of halogens is 1. The second-order valence-corrected chi connectivity index (χ2v) is 7.18. The Morgan fingerprint density at radius 1 is 1.12 bits per heavy atom. The molecule has 0 spiro atoms. The predicted octanol–water partition coefficient (Wildman–Crippen LogP) is 4.63. The first-order valence-corrected chi connectivity index (χ1v) is 9.09. The number of hydrogen-bond donors (Lipinski definition) is 0. The molecule has 0 saturated carbocycles. The molecule has 3 nitrogen and oxygen atoms in total. The Hall–Kier alpha value is -1.84. The van der Waals surface area contributed by atoms with E-state index >= 15 is 0 Å². The van der Waals surface area contributed by atoms with Crippen molar-refractivity contribution < 1.29 is 9.53 Å². The highest BCUT2D eigenvalue weighted by Gasteiger charge is 2.32. The molecule has 25 heavy (non-hydrogen) atoms. The van der Waals surface area contributed by atoms with Crippen molar-refractivity contribution in [2.75, 3.05) is 13.7 Å². The fourth-order valence-corrected chi connectivity index (χ4v) is 3.58. The zero-order valence-corrected chi connectivity index (χ0v) is 15.5. The van der Waals surface area contributed by atoms with Crippen LogP contribution in [0.25, 0.3) is 0 Å². The first kappa shape index (κ1) is 18.0. The average Bonchev–Trinajstić information content (AvgIpc) is 2.95. The van der Waals surface area contributed by atoms with Crippen LogP contribution in [0.4, 0.5) is 0 Å². The highest BCUT2D eigenvalue weighted by molar-refractivity contribution is 6.30. The van der Waals surface area contributed by atoms with Gasteiger partial charge in [0.15, 0.2) is 0 Å². The van der Waals surface area contributed by atoms with Crippen LogP contribution in [0.1, 0.15) is 37.3 Å². The molecular weight excluding hydrogens is 334 g/mol. The van der Waals surface area contributed by atoms with E-state index in [9.17, 15) is 4.79 Å². The van der Waals surface area contributed by atoms with Crippen LogP contribution in [0.3, 0.4) is 0 Å². The molecule has 0 aliphatic carbocycles. The lowest BCUT2D eigenvalue weighted by atomic mass is 9.88. The summed E-state index contributed by atoms with van der Waals surface area (Å²) in [6, 6.07) is 18.3. The second-order valence-electron chi connectivity index (χ2n) is 6.74. The van der Waals surface area contributed by atoms with Gasteiger partial charge in [-0.2, -0.15) is 0 Å². The zero-order valence-electron chi connectivity index (χ0n) is 14.7. The monoisotopic (exact) mass is 357 g/mol. The Morgan fingerprint density at radius 2 is 1.76 bits per heavy atom. The summed E-state index contributed by atoms with van der Waals surface area (Å²) in [6.45, 7) is 2.69. The first-order chi connectivity index (χ1) is 12.0. The van der Waals surface area contributed by atoms with Crippen LogP contribution >= 0.6 is 11.6 Å². The number of nitrogens with zero attached hydrogens (tertiary/aromatic N) is 1. The Kier molecular flexibility index (Phi) is 5.45. The van der Waals surface area contributed by atoms with Gasteiger partial charge in [0.2, 0.25) is 5.91 Å². The minimum Gasteiger partial charge on any atom is -0.366 e. The van der Waals surface area contributed by atoms with Gasteiger partial charge in [-0.05, 0) is 43.0 Å². The van der Waals surface area contributed by atoms with Crippen LogP contribution in [0, 0.1) is 0 Å². The lowest BCUT2D eigenvalue weighted by Crippen LogP contribution is -2.32. The smallest absolute Gasteiger partial charge is 0.222 e. The van der Waals surface area contributed by atoms with Crippen molar-refractivity contribution in [2.24, 2.45) is 0 Å². The van der Waals surface area contributed by atoms with Crippen molar-refractivity contribution in [2.45, 2.75) is 37.8 Å². The Labute approximate surface area is 154 Å². The van der Waals surface area contributed by atoms with Crippen LogP contribution in [-0.4, -0.2) is 30.5 Å². The van der Waals surface area contributed by atoms with Crippen LogP contribution in [0.2, 0.25) is 5.02 Å². The lowest BCUT2D eigenvalue weighted by Gasteiger charge is -2.32. The summed E-state index contributed by atoms with van der Waals surface area (Å²) in [5.74, 6) is 0.230. The van der Waals surface area contributed by atoms with Crippen LogP contribution in [0.5, 0.6) is 0 Å². The molecule has 0 radical (unpaired) electrons. The Balaban J connectivity index is 1.77. The third kappa shape index (κ3) is 3.88. The number of ether oxygens (including phenoxy) is 1. The molecule has 2 unspecified atom stereocenters. The molecule has 1 amide bonds. The van der Waals surface area contributed by atoms with Crippen LogP contribution in [-0.2, 0) is 15.1 Å². The van der Waals surface area contributed by atoms with Crippen LogP contribution < -0.4 is 0 Å². The van der Waals surface area contributed by atoms with E-state index in [1.165, 1.54) is 0 Å². The van der Waals surface area contributed by atoms with Crippen molar-refractivity contribution in [1.82, 2.24) is 4.90 Å². The molecule has 0 aromatic heterocycles. The molecule has 132 valence electrons. The van der Waals surface area contributed by atoms with Gasteiger partial charge < -0.3 is 9.64 Å². The fraction of sp³-hybridized carbons (Fsp3) is 0.381. The maximum Gasteiger partial charge on any atom is 0.222 e. The molecule has 2 aromatic rings. The molecular formula is C21H24ClNO2.